The highest BCUT2D eigenvalue weighted by molar-refractivity contribution is 4.95. The van der Waals surface area contributed by atoms with Gasteiger partial charge in [0.2, 0.25) is 0 Å². The van der Waals surface area contributed by atoms with E-state index in [0.717, 1.165) is 12.5 Å². The molecule has 0 aromatic carbocycles. The summed E-state index contributed by atoms with van der Waals surface area (Å²) in [6, 6.07) is 0. The van der Waals surface area contributed by atoms with Crippen molar-refractivity contribution < 1.29 is 0 Å². The third-order valence-electron chi connectivity index (χ3n) is 5.92. The van der Waals surface area contributed by atoms with E-state index in [1.54, 1.807) is 0 Å². The molecule has 3 rings (SSSR count). The van der Waals surface area contributed by atoms with E-state index in [1.165, 1.54) is 90.5 Å². The Morgan fingerprint density at radius 1 is 0.850 bits per heavy atom. The van der Waals surface area contributed by atoms with Gasteiger partial charge in [0, 0.05) is 44.8 Å². The summed E-state index contributed by atoms with van der Waals surface area (Å²) in [4.78, 5) is 5.46. The number of hydrogen-bond acceptors (Lipinski definition) is 3. The average molecular weight is 279 g/mol. The maximum atomic E-state index is 6.26. The summed E-state index contributed by atoms with van der Waals surface area (Å²) in [5.41, 5.74) is 6.60. The molecule has 0 bridgehead atoms. The summed E-state index contributed by atoms with van der Waals surface area (Å²) in [6.45, 7) is 7.30. The zero-order chi connectivity index (χ0) is 13.8. The molecular weight excluding hydrogens is 246 g/mol. The van der Waals surface area contributed by atoms with Crippen LogP contribution in [0.25, 0.3) is 0 Å². The lowest BCUT2D eigenvalue weighted by molar-refractivity contribution is 0.0183. The van der Waals surface area contributed by atoms with E-state index in [4.69, 9.17) is 5.73 Å². The van der Waals surface area contributed by atoms with Gasteiger partial charge in [-0.3, -0.25) is 4.90 Å². The molecule has 0 aromatic heterocycles. The number of hydrogen-bond donors (Lipinski definition) is 1. The highest BCUT2D eigenvalue weighted by atomic mass is 15.3. The van der Waals surface area contributed by atoms with E-state index in [2.05, 4.69) is 9.80 Å². The van der Waals surface area contributed by atoms with Crippen LogP contribution in [0, 0.1) is 5.92 Å². The molecule has 116 valence electrons. The normalized spacial score (nSPS) is 29.9. The van der Waals surface area contributed by atoms with E-state index in [9.17, 15) is 0 Å². The molecule has 0 radical (unpaired) electrons. The van der Waals surface area contributed by atoms with Gasteiger partial charge in [0.05, 0.1) is 0 Å². The minimum Gasteiger partial charge on any atom is -0.329 e. The fourth-order valence-corrected chi connectivity index (χ4v) is 4.28. The Balaban J connectivity index is 1.54. The minimum atomic E-state index is 0.339. The summed E-state index contributed by atoms with van der Waals surface area (Å²) in [5.74, 6) is 1.03. The molecule has 3 nitrogen and oxygen atoms in total. The predicted octanol–water partition coefficient (Wildman–Crippen LogP) is 2.46. The second kappa shape index (κ2) is 6.76. The van der Waals surface area contributed by atoms with E-state index in [-0.39, 0.29) is 0 Å². The van der Waals surface area contributed by atoms with Crippen LogP contribution in [0.4, 0.5) is 0 Å². The fraction of sp³-hybridized carbons (Fsp3) is 1.00. The molecule has 0 aromatic rings. The SMILES string of the molecule is NCC1(N2CCN(CC3CC3)CC2)CCCCCCC1. The second-order valence-corrected chi connectivity index (χ2v) is 7.43. The molecule has 1 saturated heterocycles. The van der Waals surface area contributed by atoms with E-state index in [1.807, 2.05) is 0 Å². The zero-order valence-electron chi connectivity index (χ0n) is 13.2. The van der Waals surface area contributed by atoms with Gasteiger partial charge in [-0.1, -0.05) is 32.1 Å². The highest BCUT2D eigenvalue weighted by Gasteiger charge is 2.37. The molecule has 1 aliphatic heterocycles. The summed E-state index contributed by atoms with van der Waals surface area (Å²) < 4.78 is 0. The van der Waals surface area contributed by atoms with Gasteiger partial charge in [-0.2, -0.15) is 0 Å². The van der Waals surface area contributed by atoms with Crippen molar-refractivity contribution in [3.05, 3.63) is 0 Å². The molecule has 20 heavy (non-hydrogen) atoms. The van der Waals surface area contributed by atoms with Crippen LogP contribution in [0.2, 0.25) is 0 Å². The van der Waals surface area contributed by atoms with Crippen molar-refractivity contribution in [1.82, 2.24) is 9.80 Å². The molecule has 1 heterocycles. The number of nitrogens with zero attached hydrogens (tertiary/aromatic N) is 2. The lowest BCUT2D eigenvalue weighted by Crippen LogP contribution is -2.60. The monoisotopic (exact) mass is 279 g/mol. The van der Waals surface area contributed by atoms with Gasteiger partial charge in [0.15, 0.2) is 0 Å². The van der Waals surface area contributed by atoms with Crippen LogP contribution in [0.1, 0.15) is 57.8 Å². The van der Waals surface area contributed by atoms with E-state index in [0.29, 0.717) is 5.54 Å². The molecule has 2 aliphatic carbocycles. The zero-order valence-corrected chi connectivity index (χ0v) is 13.2. The molecule has 3 heteroatoms. The first-order chi connectivity index (χ1) is 9.82. The Morgan fingerprint density at radius 2 is 1.45 bits per heavy atom. The molecule has 0 spiro atoms. The first-order valence-corrected chi connectivity index (χ1v) is 9.00. The Morgan fingerprint density at radius 3 is 2.00 bits per heavy atom. The Bertz CT molecular complexity index is 285. The van der Waals surface area contributed by atoms with Crippen LogP contribution in [0.15, 0.2) is 0 Å². The number of rotatable bonds is 4. The van der Waals surface area contributed by atoms with Crippen molar-refractivity contribution in [3.8, 4) is 0 Å². The van der Waals surface area contributed by atoms with E-state index >= 15 is 0 Å². The Hall–Kier alpha value is -0.120. The van der Waals surface area contributed by atoms with Crippen LogP contribution >= 0.6 is 0 Å². The Labute approximate surface area is 124 Å². The van der Waals surface area contributed by atoms with Crippen LogP contribution in [0.3, 0.4) is 0 Å². The van der Waals surface area contributed by atoms with Gasteiger partial charge < -0.3 is 10.6 Å². The highest BCUT2D eigenvalue weighted by Crippen LogP contribution is 2.33. The maximum Gasteiger partial charge on any atom is 0.0332 e. The average Bonchev–Trinajstić information content (AvgIpc) is 3.25. The van der Waals surface area contributed by atoms with E-state index < -0.39 is 0 Å². The topological polar surface area (TPSA) is 32.5 Å². The van der Waals surface area contributed by atoms with Gasteiger partial charge in [-0.05, 0) is 31.6 Å². The fourth-order valence-electron chi connectivity index (χ4n) is 4.28. The molecule has 0 unspecified atom stereocenters. The predicted molar refractivity (Wildman–Crippen MR) is 84.8 cm³/mol. The van der Waals surface area contributed by atoms with Crippen molar-refractivity contribution in [2.45, 2.75) is 63.3 Å². The molecule has 3 aliphatic rings. The first-order valence-electron chi connectivity index (χ1n) is 9.00. The summed E-state index contributed by atoms with van der Waals surface area (Å²) in [6.07, 6.45) is 12.7. The lowest BCUT2D eigenvalue weighted by atomic mass is 9.82. The van der Waals surface area contributed by atoms with Crippen LogP contribution in [-0.4, -0.2) is 54.6 Å². The quantitative estimate of drug-likeness (QED) is 0.858. The van der Waals surface area contributed by atoms with Gasteiger partial charge in [0.1, 0.15) is 0 Å². The Kier molecular flexibility index (Phi) is 5.00. The molecule has 0 amide bonds. The van der Waals surface area contributed by atoms with Gasteiger partial charge in [0.25, 0.3) is 0 Å². The number of nitrogens with two attached hydrogens (primary N) is 1. The van der Waals surface area contributed by atoms with Crippen molar-refractivity contribution >= 4 is 0 Å². The summed E-state index contributed by atoms with van der Waals surface area (Å²) in [5, 5.41) is 0. The van der Waals surface area contributed by atoms with Crippen LogP contribution in [0.5, 0.6) is 0 Å². The smallest absolute Gasteiger partial charge is 0.0332 e. The maximum absolute atomic E-state index is 6.26. The van der Waals surface area contributed by atoms with Gasteiger partial charge in [-0.25, -0.2) is 0 Å². The summed E-state index contributed by atoms with van der Waals surface area (Å²) in [7, 11) is 0. The lowest BCUT2D eigenvalue weighted by Gasteiger charge is -2.48. The minimum absolute atomic E-state index is 0.339. The molecule has 0 atom stereocenters. The standard InChI is InChI=1S/C17H33N3/c18-15-17(8-4-2-1-3-5-9-17)20-12-10-19(11-13-20)14-16-6-7-16/h16H,1-15,18H2. The van der Waals surface area contributed by atoms with Crippen molar-refractivity contribution in [2.75, 3.05) is 39.3 Å². The van der Waals surface area contributed by atoms with Crippen LogP contribution in [-0.2, 0) is 0 Å². The third kappa shape index (κ3) is 3.55. The number of piperazine rings is 1. The molecular formula is C17H33N3. The third-order valence-corrected chi connectivity index (χ3v) is 5.92. The van der Waals surface area contributed by atoms with Gasteiger partial charge in [-0.15, -0.1) is 0 Å². The van der Waals surface area contributed by atoms with Crippen LogP contribution < -0.4 is 5.73 Å². The first kappa shape index (κ1) is 14.8. The largest absolute Gasteiger partial charge is 0.329 e. The van der Waals surface area contributed by atoms with Crippen molar-refractivity contribution in [1.29, 1.82) is 0 Å². The summed E-state index contributed by atoms with van der Waals surface area (Å²) >= 11 is 0. The molecule has 2 N–H and O–H groups in total. The van der Waals surface area contributed by atoms with Crippen molar-refractivity contribution in [3.63, 3.8) is 0 Å². The molecule has 2 saturated carbocycles. The van der Waals surface area contributed by atoms with Crippen molar-refractivity contribution in [2.24, 2.45) is 11.7 Å². The van der Waals surface area contributed by atoms with Gasteiger partial charge >= 0.3 is 0 Å². The molecule has 3 fully saturated rings. The second-order valence-electron chi connectivity index (χ2n) is 7.43.